The average Bonchev–Trinajstić information content (AvgIpc) is 2.97. The van der Waals surface area contributed by atoms with Crippen LogP contribution in [0.1, 0.15) is 33.3 Å². The molecule has 26 heavy (non-hydrogen) atoms. The first-order chi connectivity index (χ1) is 11.9. The summed E-state index contributed by atoms with van der Waals surface area (Å²) in [6.45, 7) is 14.5. The molecule has 2 heterocycles. The van der Waals surface area contributed by atoms with E-state index in [0.29, 0.717) is 4.90 Å². The normalized spacial score (nSPS) is 24.6. The van der Waals surface area contributed by atoms with Crippen LogP contribution in [-0.2, 0) is 19.3 Å². The Morgan fingerprint density at radius 1 is 1.08 bits per heavy atom. The van der Waals surface area contributed by atoms with Gasteiger partial charge in [0.25, 0.3) is 0 Å². The summed E-state index contributed by atoms with van der Waals surface area (Å²) in [6, 6.07) is 6.89. The standard InChI is InChI=1S/C19H26BNO4S/c1-14-7-9-17(10-8-14)26(22,23)21-12-15(2)16(13-21)11-20-24-18(3,4)19(5,6)25-20/h7-11H,2,12-13H2,1,3-6H3/b16-11+. The first-order valence-electron chi connectivity index (χ1n) is 8.74. The number of rotatable bonds is 3. The van der Waals surface area contributed by atoms with E-state index in [2.05, 4.69) is 6.58 Å². The molecule has 0 radical (unpaired) electrons. The van der Waals surface area contributed by atoms with Gasteiger partial charge in [-0.15, -0.1) is 0 Å². The highest BCUT2D eigenvalue weighted by Gasteiger charge is 2.50. The minimum atomic E-state index is -3.55. The second-order valence-corrected chi connectivity index (χ2v) is 9.94. The van der Waals surface area contributed by atoms with E-state index >= 15 is 0 Å². The highest BCUT2D eigenvalue weighted by atomic mass is 32.2. The van der Waals surface area contributed by atoms with Crippen LogP contribution >= 0.6 is 0 Å². The fraction of sp³-hybridized carbons (Fsp3) is 0.474. The van der Waals surface area contributed by atoms with Crippen LogP contribution < -0.4 is 0 Å². The van der Waals surface area contributed by atoms with Gasteiger partial charge in [0, 0.05) is 13.1 Å². The zero-order valence-corrected chi connectivity index (χ0v) is 16.9. The van der Waals surface area contributed by atoms with E-state index in [1.165, 1.54) is 4.31 Å². The van der Waals surface area contributed by atoms with Gasteiger partial charge < -0.3 is 9.31 Å². The predicted molar refractivity (Wildman–Crippen MR) is 103 cm³/mol. The van der Waals surface area contributed by atoms with E-state index in [1.807, 2.05) is 40.6 Å². The first kappa shape index (κ1) is 19.4. The van der Waals surface area contributed by atoms with Crippen LogP contribution in [0.25, 0.3) is 0 Å². The number of hydrogen-bond acceptors (Lipinski definition) is 4. The molecule has 0 amide bonds. The molecule has 2 fully saturated rings. The minimum absolute atomic E-state index is 0.277. The van der Waals surface area contributed by atoms with Gasteiger partial charge in [0.15, 0.2) is 0 Å². The van der Waals surface area contributed by atoms with Crippen LogP contribution in [-0.4, -0.2) is 44.1 Å². The van der Waals surface area contributed by atoms with Crippen molar-refractivity contribution >= 4 is 17.1 Å². The lowest BCUT2D eigenvalue weighted by molar-refractivity contribution is 0.00578. The van der Waals surface area contributed by atoms with Crippen LogP contribution in [0, 0.1) is 6.92 Å². The minimum Gasteiger partial charge on any atom is -0.400 e. The third-order valence-corrected chi connectivity index (χ3v) is 7.24. The molecular weight excluding hydrogens is 349 g/mol. The molecule has 1 aromatic rings. The van der Waals surface area contributed by atoms with Crippen molar-refractivity contribution < 1.29 is 17.7 Å². The van der Waals surface area contributed by atoms with Crippen molar-refractivity contribution in [1.29, 1.82) is 0 Å². The summed E-state index contributed by atoms with van der Waals surface area (Å²) in [6.07, 6.45) is 0. The summed E-state index contributed by atoms with van der Waals surface area (Å²) >= 11 is 0. The van der Waals surface area contributed by atoms with Gasteiger partial charge in [-0.1, -0.05) is 24.3 Å². The van der Waals surface area contributed by atoms with Crippen LogP contribution in [0.2, 0.25) is 0 Å². The lowest BCUT2D eigenvalue weighted by atomic mass is 9.86. The van der Waals surface area contributed by atoms with E-state index in [-0.39, 0.29) is 13.1 Å². The van der Waals surface area contributed by atoms with Gasteiger partial charge in [0.05, 0.1) is 16.1 Å². The van der Waals surface area contributed by atoms with Gasteiger partial charge in [-0.2, -0.15) is 4.31 Å². The predicted octanol–water partition coefficient (Wildman–Crippen LogP) is 3.11. The van der Waals surface area contributed by atoms with Crippen molar-refractivity contribution in [2.24, 2.45) is 0 Å². The smallest absolute Gasteiger partial charge is 0.400 e. The zero-order valence-electron chi connectivity index (χ0n) is 16.1. The van der Waals surface area contributed by atoms with Crippen molar-refractivity contribution in [3.05, 3.63) is 53.5 Å². The monoisotopic (exact) mass is 375 g/mol. The average molecular weight is 375 g/mol. The molecular formula is C19H26BNO4S. The summed E-state index contributed by atoms with van der Waals surface area (Å²) in [7, 11) is -4.06. The molecule has 2 saturated heterocycles. The van der Waals surface area contributed by atoms with E-state index in [9.17, 15) is 8.42 Å². The zero-order chi connectivity index (χ0) is 19.3. The number of hydrogen-bond donors (Lipinski definition) is 0. The van der Waals surface area contributed by atoms with Crippen molar-refractivity contribution in [3.63, 3.8) is 0 Å². The molecule has 1 aromatic carbocycles. The highest BCUT2D eigenvalue weighted by molar-refractivity contribution is 7.89. The molecule has 3 rings (SSSR count). The van der Waals surface area contributed by atoms with Gasteiger partial charge in [-0.3, -0.25) is 0 Å². The Bertz CT molecular complexity index is 840. The van der Waals surface area contributed by atoms with Crippen LogP contribution in [0.4, 0.5) is 0 Å². The van der Waals surface area contributed by atoms with Gasteiger partial charge in [-0.25, -0.2) is 8.42 Å². The summed E-state index contributed by atoms with van der Waals surface area (Å²) in [5.41, 5.74) is 1.79. The first-order valence-corrected chi connectivity index (χ1v) is 10.2. The maximum atomic E-state index is 12.9. The second kappa shape index (κ2) is 6.34. The SMILES string of the molecule is C=C1CN(S(=O)(=O)c2ccc(C)cc2)C/C1=C\B1OC(C)(C)C(C)(C)O1. The summed E-state index contributed by atoms with van der Waals surface area (Å²) in [5, 5.41) is 0. The Morgan fingerprint density at radius 2 is 1.62 bits per heavy atom. The molecule has 0 spiro atoms. The lowest BCUT2D eigenvalue weighted by Gasteiger charge is -2.32. The molecule has 0 atom stereocenters. The lowest BCUT2D eigenvalue weighted by Crippen LogP contribution is -2.41. The highest BCUT2D eigenvalue weighted by Crippen LogP contribution is 2.38. The van der Waals surface area contributed by atoms with Crippen LogP contribution in [0.3, 0.4) is 0 Å². The molecule has 0 unspecified atom stereocenters. The fourth-order valence-corrected chi connectivity index (χ4v) is 4.41. The van der Waals surface area contributed by atoms with E-state index in [0.717, 1.165) is 16.7 Å². The third-order valence-electron chi connectivity index (χ3n) is 5.44. The Balaban J connectivity index is 1.80. The van der Waals surface area contributed by atoms with Crippen molar-refractivity contribution in [1.82, 2.24) is 4.31 Å². The summed E-state index contributed by atoms with van der Waals surface area (Å²) in [4.78, 5) is 0.299. The van der Waals surface area contributed by atoms with E-state index in [1.54, 1.807) is 24.3 Å². The van der Waals surface area contributed by atoms with E-state index in [4.69, 9.17) is 9.31 Å². The molecule has 7 heteroatoms. The van der Waals surface area contributed by atoms with Crippen molar-refractivity contribution in [2.45, 2.75) is 50.7 Å². The van der Waals surface area contributed by atoms with Gasteiger partial charge in [0.2, 0.25) is 10.0 Å². The van der Waals surface area contributed by atoms with Gasteiger partial charge >= 0.3 is 7.12 Å². The molecule has 0 aromatic heterocycles. The number of benzene rings is 1. The number of nitrogens with zero attached hydrogens (tertiary/aromatic N) is 1. The van der Waals surface area contributed by atoms with Crippen molar-refractivity contribution in [2.75, 3.05) is 13.1 Å². The molecule has 0 bridgehead atoms. The number of sulfonamides is 1. The third kappa shape index (κ3) is 3.41. The molecule has 140 valence electrons. The Labute approximate surface area is 156 Å². The van der Waals surface area contributed by atoms with Crippen LogP contribution in [0.5, 0.6) is 0 Å². The Hall–Kier alpha value is -1.41. The van der Waals surface area contributed by atoms with Gasteiger partial charge in [-0.05, 0) is 63.9 Å². The number of aryl methyl sites for hydroxylation is 1. The maximum absolute atomic E-state index is 12.9. The molecule has 2 aliphatic rings. The topological polar surface area (TPSA) is 55.8 Å². The molecule has 0 N–H and O–H groups in total. The van der Waals surface area contributed by atoms with Crippen LogP contribution in [0.15, 0.2) is 52.9 Å². The largest absolute Gasteiger partial charge is 0.487 e. The molecule has 5 nitrogen and oxygen atoms in total. The molecule has 2 aliphatic heterocycles. The second-order valence-electron chi connectivity index (χ2n) is 8.01. The summed E-state index contributed by atoms with van der Waals surface area (Å²) in [5.74, 6) is 1.85. The quantitative estimate of drug-likeness (QED) is 0.762. The fourth-order valence-electron chi connectivity index (χ4n) is 2.99. The maximum Gasteiger partial charge on any atom is 0.487 e. The summed E-state index contributed by atoms with van der Waals surface area (Å²) < 4.78 is 39.2. The Kier molecular flexibility index (Phi) is 4.72. The van der Waals surface area contributed by atoms with Gasteiger partial charge in [0.1, 0.15) is 0 Å². The van der Waals surface area contributed by atoms with E-state index < -0.39 is 28.3 Å². The van der Waals surface area contributed by atoms with Crippen molar-refractivity contribution in [3.8, 4) is 0 Å². The molecule has 0 aliphatic carbocycles. The molecule has 0 saturated carbocycles. The Morgan fingerprint density at radius 3 is 2.15 bits per heavy atom.